The summed E-state index contributed by atoms with van der Waals surface area (Å²) in [5.74, 6) is 2.69. The summed E-state index contributed by atoms with van der Waals surface area (Å²) < 4.78 is 5.39. The van der Waals surface area contributed by atoms with E-state index in [9.17, 15) is 0 Å². The predicted molar refractivity (Wildman–Crippen MR) is 80.2 cm³/mol. The third-order valence-corrected chi connectivity index (χ3v) is 4.61. The molecule has 6 heteroatoms. The first-order valence-corrected chi connectivity index (χ1v) is 8.09. The molecule has 0 radical (unpaired) electrons. The molecule has 0 amide bonds. The molecule has 0 saturated carbocycles. The summed E-state index contributed by atoms with van der Waals surface area (Å²) in [6.07, 6.45) is 2.15. The number of halogens is 1. The Morgan fingerprint density at radius 2 is 2.00 bits per heavy atom. The van der Waals surface area contributed by atoms with Crippen LogP contribution in [0, 0.1) is 0 Å². The summed E-state index contributed by atoms with van der Waals surface area (Å²) in [6, 6.07) is 7.78. The summed E-state index contributed by atoms with van der Waals surface area (Å²) in [5.41, 5.74) is 0. The molecule has 1 aromatic carbocycles. The van der Waals surface area contributed by atoms with E-state index < -0.39 is 0 Å². The number of piperidine rings is 1. The summed E-state index contributed by atoms with van der Waals surface area (Å²) in [7, 11) is 0. The van der Waals surface area contributed by atoms with Gasteiger partial charge in [-0.2, -0.15) is 4.98 Å². The standard InChI is InChI=1S/C14H16ClN3OS/c15-11-1-3-12(4-2-11)20-9-13-17-14(19-18-13)10-5-7-16-8-6-10/h1-4,10,16H,5-9H2. The van der Waals surface area contributed by atoms with Crippen LogP contribution < -0.4 is 5.32 Å². The lowest BCUT2D eigenvalue weighted by Gasteiger charge is -2.18. The molecule has 1 saturated heterocycles. The van der Waals surface area contributed by atoms with Crippen LogP contribution in [0.3, 0.4) is 0 Å². The van der Waals surface area contributed by atoms with Gasteiger partial charge in [-0.1, -0.05) is 16.8 Å². The van der Waals surface area contributed by atoms with Crippen molar-refractivity contribution >= 4 is 23.4 Å². The molecule has 1 N–H and O–H groups in total. The largest absolute Gasteiger partial charge is 0.339 e. The van der Waals surface area contributed by atoms with Crippen LogP contribution >= 0.6 is 23.4 Å². The van der Waals surface area contributed by atoms with E-state index in [1.807, 2.05) is 24.3 Å². The Bertz CT molecular complexity index is 552. The smallest absolute Gasteiger partial charge is 0.229 e. The number of aromatic nitrogens is 2. The lowest BCUT2D eigenvalue weighted by atomic mass is 9.98. The average Bonchev–Trinajstić information content (AvgIpc) is 2.97. The van der Waals surface area contributed by atoms with Crippen LogP contribution in [0.15, 0.2) is 33.7 Å². The highest BCUT2D eigenvalue weighted by Gasteiger charge is 2.21. The topological polar surface area (TPSA) is 51.0 Å². The Labute approximate surface area is 127 Å². The number of hydrogen-bond acceptors (Lipinski definition) is 5. The fourth-order valence-corrected chi connectivity index (χ4v) is 3.11. The molecule has 0 bridgehead atoms. The van der Waals surface area contributed by atoms with Gasteiger partial charge in [0.15, 0.2) is 5.82 Å². The molecule has 1 fully saturated rings. The van der Waals surface area contributed by atoms with E-state index in [1.54, 1.807) is 11.8 Å². The average molecular weight is 310 g/mol. The number of thioether (sulfide) groups is 1. The number of rotatable bonds is 4. The number of nitrogens with one attached hydrogen (secondary N) is 1. The van der Waals surface area contributed by atoms with Crippen molar-refractivity contribution in [3.8, 4) is 0 Å². The van der Waals surface area contributed by atoms with Crippen LogP contribution in [-0.4, -0.2) is 23.2 Å². The normalized spacial score (nSPS) is 16.4. The monoisotopic (exact) mass is 309 g/mol. The lowest BCUT2D eigenvalue weighted by molar-refractivity contribution is 0.319. The third-order valence-electron chi connectivity index (χ3n) is 3.35. The first-order chi connectivity index (χ1) is 9.81. The van der Waals surface area contributed by atoms with Gasteiger partial charge in [0, 0.05) is 15.8 Å². The van der Waals surface area contributed by atoms with Crippen molar-refractivity contribution in [3.05, 3.63) is 41.0 Å². The van der Waals surface area contributed by atoms with E-state index in [0.29, 0.717) is 5.92 Å². The maximum Gasteiger partial charge on any atom is 0.229 e. The molecule has 4 nitrogen and oxygen atoms in total. The van der Waals surface area contributed by atoms with Crippen LogP contribution in [0.5, 0.6) is 0 Å². The molecule has 20 heavy (non-hydrogen) atoms. The van der Waals surface area contributed by atoms with Gasteiger partial charge < -0.3 is 9.84 Å². The number of nitrogens with zero attached hydrogens (tertiary/aromatic N) is 2. The van der Waals surface area contributed by atoms with Crippen molar-refractivity contribution in [3.63, 3.8) is 0 Å². The molecule has 1 aliphatic rings. The molecule has 2 aromatic rings. The molecule has 1 aromatic heterocycles. The molecule has 3 rings (SSSR count). The van der Waals surface area contributed by atoms with Crippen molar-refractivity contribution in [2.75, 3.05) is 13.1 Å². The highest BCUT2D eigenvalue weighted by Crippen LogP contribution is 2.26. The fraction of sp³-hybridized carbons (Fsp3) is 0.429. The van der Waals surface area contributed by atoms with E-state index in [2.05, 4.69) is 15.5 Å². The summed E-state index contributed by atoms with van der Waals surface area (Å²) in [6.45, 7) is 2.06. The lowest BCUT2D eigenvalue weighted by Crippen LogP contribution is -2.26. The first-order valence-electron chi connectivity index (χ1n) is 6.73. The second-order valence-corrected chi connectivity index (χ2v) is 6.30. The van der Waals surface area contributed by atoms with Crippen LogP contribution in [0.2, 0.25) is 5.02 Å². The molecule has 0 unspecified atom stereocenters. The Hall–Kier alpha value is -1.04. The van der Waals surface area contributed by atoms with Crippen molar-refractivity contribution < 1.29 is 4.52 Å². The van der Waals surface area contributed by atoms with Crippen molar-refractivity contribution in [1.82, 2.24) is 15.5 Å². The molecular formula is C14H16ClN3OS. The van der Waals surface area contributed by atoms with Crippen LogP contribution in [0.4, 0.5) is 0 Å². The van der Waals surface area contributed by atoms with Crippen LogP contribution in [-0.2, 0) is 5.75 Å². The zero-order valence-electron chi connectivity index (χ0n) is 11.0. The highest BCUT2D eigenvalue weighted by atomic mass is 35.5. The van der Waals surface area contributed by atoms with Gasteiger partial charge in [0.2, 0.25) is 5.89 Å². The SMILES string of the molecule is Clc1ccc(SCc2noc(C3CCNCC3)n2)cc1. The van der Waals surface area contributed by atoms with Crippen molar-refractivity contribution in [2.45, 2.75) is 29.4 Å². The molecule has 1 aliphatic heterocycles. The summed E-state index contributed by atoms with van der Waals surface area (Å²) >= 11 is 7.55. The highest BCUT2D eigenvalue weighted by molar-refractivity contribution is 7.98. The van der Waals surface area contributed by atoms with Gasteiger partial charge in [0.25, 0.3) is 0 Å². The molecule has 2 heterocycles. The van der Waals surface area contributed by atoms with Gasteiger partial charge in [-0.05, 0) is 50.2 Å². The van der Waals surface area contributed by atoms with Gasteiger partial charge in [0.05, 0.1) is 5.75 Å². The third kappa shape index (κ3) is 3.53. The molecule has 106 valence electrons. The number of benzene rings is 1. The second-order valence-electron chi connectivity index (χ2n) is 4.82. The van der Waals surface area contributed by atoms with Crippen LogP contribution in [0.1, 0.15) is 30.5 Å². The molecule has 0 atom stereocenters. The second kappa shape index (κ2) is 6.61. The van der Waals surface area contributed by atoms with Crippen molar-refractivity contribution in [1.29, 1.82) is 0 Å². The Balaban J connectivity index is 1.58. The van der Waals surface area contributed by atoms with E-state index in [4.69, 9.17) is 16.1 Å². The van der Waals surface area contributed by atoms with Gasteiger partial charge >= 0.3 is 0 Å². The maximum absolute atomic E-state index is 5.86. The van der Waals surface area contributed by atoms with E-state index in [-0.39, 0.29) is 0 Å². The molecular weight excluding hydrogens is 294 g/mol. The quantitative estimate of drug-likeness (QED) is 0.876. The Morgan fingerprint density at radius 3 is 2.75 bits per heavy atom. The number of hydrogen-bond donors (Lipinski definition) is 1. The van der Waals surface area contributed by atoms with Gasteiger partial charge in [0.1, 0.15) is 0 Å². The molecule has 0 aliphatic carbocycles. The minimum Gasteiger partial charge on any atom is -0.339 e. The summed E-state index contributed by atoms with van der Waals surface area (Å²) in [4.78, 5) is 5.67. The van der Waals surface area contributed by atoms with Gasteiger partial charge in [-0.25, -0.2) is 0 Å². The Morgan fingerprint density at radius 1 is 1.25 bits per heavy atom. The summed E-state index contributed by atoms with van der Waals surface area (Å²) in [5, 5.41) is 8.16. The zero-order valence-corrected chi connectivity index (χ0v) is 12.6. The first kappa shape index (κ1) is 13.9. The minimum atomic E-state index is 0.415. The minimum absolute atomic E-state index is 0.415. The predicted octanol–water partition coefficient (Wildman–Crippen LogP) is 3.48. The molecule has 0 spiro atoms. The Kier molecular flexibility index (Phi) is 4.60. The van der Waals surface area contributed by atoms with E-state index in [1.165, 1.54) is 0 Å². The van der Waals surface area contributed by atoms with E-state index in [0.717, 1.165) is 53.3 Å². The van der Waals surface area contributed by atoms with Gasteiger partial charge in [-0.15, -0.1) is 11.8 Å². The maximum atomic E-state index is 5.86. The van der Waals surface area contributed by atoms with Gasteiger partial charge in [-0.3, -0.25) is 0 Å². The van der Waals surface area contributed by atoms with Crippen molar-refractivity contribution in [2.24, 2.45) is 0 Å². The zero-order chi connectivity index (χ0) is 13.8. The van der Waals surface area contributed by atoms with Crippen LogP contribution in [0.25, 0.3) is 0 Å². The van der Waals surface area contributed by atoms with E-state index >= 15 is 0 Å². The fourth-order valence-electron chi connectivity index (χ4n) is 2.24.